The van der Waals surface area contributed by atoms with Gasteiger partial charge in [0.05, 0.1) is 5.25 Å². The largest absolute Gasteiger partial charge is 0.339 e. The van der Waals surface area contributed by atoms with E-state index in [9.17, 15) is 4.79 Å². The number of nitrogens with one attached hydrogen (secondary N) is 1. The lowest BCUT2D eigenvalue weighted by Gasteiger charge is -2.30. The van der Waals surface area contributed by atoms with Crippen LogP contribution >= 0.6 is 11.8 Å². The maximum absolute atomic E-state index is 12.0. The quantitative estimate of drug-likeness (QED) is 0.709. The molecule has 1 heterocycles. The number of nitrogens with zero attached hydrogens (tertiary/aromatic N) is 1. The van der Waals surface area contributed by atoms with Crippen LogP contribution in [0.1, 0.15) is 13.8 Å². The number of rotatable bonds is 4. The third-order valence-electron chi connectivity index (χ3n) is 2.54. The van der Waals surface area contributed by atoms with Gasteiger partial charge in [-0.3, -0.25) is 4.79 Å². The summed E-state index contributed by atoms with van der Waals surface area (Å²) in [6.45, 7) is 8.16. The maximum atomic E-state index is 12.0. The Hall–Kier alpha value is -0.260. The highest BCUT2D eigenvalue weighted by Gasteiger charge is 2.23. The lowest BCUT2D eigenvalue weighted by molar-refractivity contribution is -0.130. The highest BCUT2D eigenvalue weighted by atomic mass is 32.2. The van der Waals surface area contributed by atoms with Crippen molar-refractivity contribution in [1.82, 2.24) is 10.2 Å². The maximum Gasteiger partial charge on any atom is 0.235 e. The van der Waals surface area contributed by atoms with Crippen molar-refractivity contribution in [3.05, 3.63) is 0 Å². The van der Waals surface area contributed by atoms with Gasteiger partial charge in [-0.1, -0.05) is 6.92 Å². The SMILES string of the molecule is CC(CN)SC(C)C(=O)N1CCNCC1. The molecule has 4 nitrogen and oxygen atoms in total. The molecule has 0 spiro atoms. The van der Waals surface area contributed by atoms with Crippen LogP contribution in [-0.4, -0.2) is 54.0 Å². The zero-order valence-electron chi connectivity index (χ0n) is 9.53. The molecule has 0 aromatic rings. The van der Waals surface area contributed by atoms with Crippen molar-refractivity contribution in [3.63, 3.8) is 0 Å². The minimum atomic E-state index is 0.0293. The zero-order chi connectivity index (χ0) is 11.3. The summed E-state index contributed by atoms with van der Waals surface area (Å²) in [5, 5.41) is 3.62. The smallest absolute Gasteiger partial charge is 0.235 e. The van der Waals surface area contributed by atoms with Gasteiger partial charge in [0.25, 0.3) is 0 Å². The fraction of sp³-hybridized carbons (Fsp3) is 0.900. The molecule has 0 aromatic heterocycles. The van der Waals surface area contributed by atoms with E-state index < -0.39 is 0 Å². The first kappa shape index (κ1) is 12.8. The number of hydrogen-bond acceptors (Lipinski definition) is 4. The van der Waals surface area contributed by atoms with Gasteiger partial charge in [-0.05, 0) is 6.92 Å². The second kappa shape index (κ2) is 6.35. The number of piperazine rings is 1. The van der Waals surface area contributed by atoms with Crippen molar-refractivity contribution in [2.75, 3.05) is 32.7 Å². The molecule has 1 saturated heterocycles. The fourth-order valence-electron chi connectivity index (χ4n) is 1.60. The van der Waals surface area contributed by atoms with Crippen LogP contribution in [0, 0.1) is 0 Å². The van der Waals surface area contributed by atoms with E-state index in [1.165, 1.54) is 0 Å². The summed E-state index contributed by atoms with van der Waals surface area (Å²) < 4.78 is 0. The van der Waals surface area contributed by atoms with Crippen molar-refractivity contribution in [2.24, 2.45) is 5.73 Å². The van der Waals surface area contributed by atoms with Gasteiger partial charge in [0.1, 0.15) is 0 Å². The van der Waals surface area contributed by atoms with Gasteiger partial charge in [0, 0.05) is 38.0 Å². The molecule has 1 rings (SSSR count). The third kappa shape index (κ3) is 4.01. The molecule has 1 aliphatic rings. The fourth-order valence-corrected chi connectivity index (χ4v) is 2.68. The van der Waals surface area contributed by atoms with E-state index >= 15 is 0 Å². The molecular formula is C10H21N3OS. The Morgan fingerprint density at radius 3 is 2.60 bits per heavy atom. The first-order chi connectivity index (χ1) is 7.15. The number of amides is 1. The Labute approximate surface area is 96.0 Å². The lowest BCUT2D eigenvalue weighted by Crippen LogP contribution is -2.49. The summed E-state index contributed by atoms with van der Waals surface area (Å²) in [7, 11) is 0. The zero-order valence-corrected chi connectivity index (χ0v) is 10.3. The molecule has 88 valence electrons. The second-order valence-corrected chi connectivity index (χ2v) is 5.68. The van der Waals surface area contributed by atoms with E-state index in [4.69, 9.17) is 5.73 Å². The predicted molar refractivity (Wildman–Crippen MR) is 65.0 cm³/mol. The minimum absolute atomic E-state index is 0.0293. The molecule has 0 aliphatic carbocycles. The molecule has 5 heteroatoms. The van der Waals surface area contributed by atoms with E-state index in [1.54, 1.807) is 11.8 Å². The van der Waals surface area contributed by atoms with Gasteiger partial charge in [0.15, 0.2) is 0 Å². The summed E-state index contributed by atoms with van der Waals surface area (Å²) in [5.74, 6) is 0.252. The molecule has 2 atom stereocenters. The van der Waals surface area contributed by atoms with Crippen LogP contribution in [-0.2, 0) is 4.79 Å². The molecule has 0 saturated carbocycles. The molecule has 0 bridgehead atoms. The monoisotopic (exact) mass is 231 g/mol. The summed E-state index contributed by atoms with van der Waals surface area (Å²) >= 11 is 1.66. The Morgan fingerprint density at radius 1 is 1.47 bits per heavy atom. The van der Waals surface area contributed by atoms with Crippen LogP contribution in [0.25, 0.3) is 0 Å². The highest BCUT2D eigenvalue weighted by Crippen LogP contribution is 2.18. The molecule has 1 aliphatic heterocycles. The molecular weight excluding hydrogens is 210 g/mol. The lowest BCUT2D eigenvalue weighted by atomic mass is 10.3. The van der Waals surface area contributed by atoms with Crippen molar-refractivity contribution < 1.29 is 4.79 Å². The van der Waals surface area contributed by atoms with Crippen molar-refractivity contribution in [2.45, 2.75) is 24.3 Å². The standard InChI is InChI=1S/C10H21N3OS/c1-8(7-11)15-9(2)10(14)13-5-3-12-4-6-13/h8-9,12H,3-7,11H2,1-2H3. The van der Waals surface area contributed by atoms with E-state index in [2.05, 4.69) is 12.2 Å². The van der Waals surface area contributed by atoms with E-state index in [-0.39, 0.29) is 11.2 Å². The number of nitrogens with two attached hydrogens (primary N) is 1. The Balaban J connectivity index is 2.37. The molecule has 1 fully saturated rings. The topological polar surface area (TPSA) is 58.4 Å². The minimum Gasteiger partial charge on any atom is -0.339 e. The average molecular weight is 231 g/mol. The van der Waals surface area contributed by atoms with Crippen LogP contribution in [0.5, 0.6) is 0 Å². The normalized spacial score (nSPS) is 21.1. The average Bonchev–Trinajstić information content (AvgIpc) is 2.29. The Morgan fingerprint density at radius 2 is 2.07 bits per heavy atom. The Bertz CT molecular complexity index is 207. The first-order valence-electron chi connectivity index (χ1n) is 5.50. The molecule has 15 heavy (non-hydrogen) atoms. The van der Waals surface area contributed by atoms with Crippen molar-refractivity contribution in [1.29, 1.82) is 0 Å². The molecule has 0 radical (unpaired) electrons. The van der Waals surface area contributed by atoms with Gasteiger partial charge in [-0.15, -0.1) is 11.8 Å². The van der Waals surface area contributed by atoms with Gasteiger partial charge in [0.2, 0.25) is 5.91 Å². The first-order valence-corrected chi connectivity index (χ1v) is 6.44. The predicted octanol–water partition coefficient (Wildman–Crippen LogP) is -0.113. The van der Waals surface area contributed by atoms with Crippen molar-refractivity contribution >= 4 is 17.7 Å². The molecule has 0 aromatic carbocycles. The third-order valence-corrected chi connectivity index (χ3v) is 3.81. The van der Waals surface area contributed by atoms with Crippen LogP contribution in [0.3, 0.4) is 0 Å². The summed E-state index contributed by atoms with van der Waals surface area (Å²) in [4.78, 5) is 13.9. The van der Waals surface area contributed by atoms with Gasteiger partial charge in [-0.2, -0.15) is 0 Å². The Kier molecular flexibility index (Phi) is 5.42. The van der Waals surface area contributed by atoms with Crippen LogP contribution in [0.4, 0.5) is 0 Å². The van der Waals surface area contributed by atoms with E-state index in [1.807, 2.05) is 11.8 Å². The summed E-state index contributed by atoms with van der Waals surface area (Å²) in [6, 6.07) is 0. The van der Waals surface area contributed by atoms with Crippen molar-refractivity contribution in [3.8, 4) is 0 Å². The molecule has 1 amide bonds. The summed E-state index contributed by atoms with van der Waals surface area (Å²) in [5.41, 5.74) is 5.54. The van der Waals surface area contributed by atoms with Crippen LogP contribution < -0.4 is 11.1 Å². The second-order valence-electron chi connectivity index (χ2n) is 3.90. The number of carbonyl (C=O) groups excluding carboxylic acids is 1. The van der Waals surface area contributed by atoms with Crippen LogP contribution in [0.2, 0.25) is 0 Å². The van der Waals surface area contributed by atoms with E-state index in [0.29, 0.717) is 11.8 Å². The molecule has 3 N–H and O–H groups in total. The number of carbonyl (C=O) groups is 1. The van der Waals surface area contributed by atoms with E-state index in [0.717, 1.165) is 26.2 Å². The molecule has 2 unspecified atom stereocenters. The highest BCUT2D eigenvalue weighted by molar-refractivity contribution is 8.01. The van der Waals surface area contributed by atoms with Gasteiger partial charge >= 0.3 is 0 Å². The van der Waals surface area contributed by atoms with Gasteiger partial charge in [-0.25, -0.2) is 0 Å². The van der Waals surface area contributed by atoms with Crippen LogP contribution in [0.15, 0.2) is 0 Å². The number of hydrogen-bond donors (Lipinski definition) is 2. The number of thioether (sulfide) groups is 1. The van der Waals surface area contributed by atoms with Gasteiger partial charge < -0.3 is 16.0 Å². The summed E-state index contributed by atoms with van der Waals surface area (Å²) in [6.07, 6.45) is 0.